The molecular formula is C20H29N3O4. The fraction of sp³-hybridized carbons (Fsp3) is 0.650. The molecule has 1 fully saturated rings. The molecule has 0 bridgehead atoms. The van der Waals surface area contributed by atoms with Gasteiger partial charge in [-0.2, -0.15) is 0 Å². The van der Waals surface area contributed by atoms with Crippen LogP contribution >= 0.6 is 0 Å². The maximum absolute atomic E-state index is 13.2. The minimum Gasteiger partial charge on any atom is -0.450 e. The summed E-state index contributed by atoms with van der Waals surface area (Å²) in [7, 11) is 0. The maximum atomic E-state index is 13.2. The summed E-state index contributed by atoms with van der Waals surface area (Å²) < 4.78 is 6.39. The number of ether oxygens (including phenoxy) is 1. The summed E-state index contributed by atoms with van der Waals surface area (Å²) in [4.78, 5) is 42.1. The molecule has 1 aliphatic heterocycles. The van der Waals surface area contributed by atoms with E-state index in [2.05, 4.69) is 31.8 Å². The van der Waals surface area contributed by atoms with Crippen molar-refractivity contribution < 1.29 is 9.53 Å². The molecule has 7 heteroatoms. The zero-order valence-corrected chi connectivity index (χ0v) is 16.6. The molecule has 1 aromatic rings. The number of rotatable bonds is 3. The summed E-state index contributed by atoms with van der Waals surface area (Å²) in [6.45, 7) is 9.51. The molecule has 148 valence electrons. The standard InChI is InChI=1S/C20H29N3O4/c1-5-27-19(26)22-10-7-14(8-11-22)23-17(24)15-12-20(4,13(2)3)9-6-16(15)21-18(23)25/h6,9,13-14H,5,7-8,10-12H2,1-4H3,(H,21,25). The lowest BCUT2D eigenvalue weighted by Crippen LogP contribution is -2.47. The van der Waals surface area contributed by atoms with E-state index in [4.69, 9.17) is 4.74 Å². The van der Waals surface area contributed by atoms with Crippen LogP contribution in [0.3, 0.4) is 0 Å². The molecule has 1 saturated heterocycles. The molecule has 0 aromatic carbocycles. The van der Waals surface area contributed by atoms with Gasteiger partial charge in [0.2, 0.25) is 0 Å². The number of H-pyrrole nitrogens is 1. The quantitative estimate of drug-likeness (QED) is 0.880. The molecular weight excluding hydrogens is 346 g/mol. The number of hydrogen-bond acceptors (Lipinski definition) is 4. The molecule has 1 atom stereocenters. The van der Waals surface area contributed by atoms with Crippen LogP contribution in [0.1, 0.15) is 57.8 Å². The second kappa shape index (κ2) is 7.37. The zero-order valence-electron chi connectivity index (χ0n) is 16.6. The van der Waals surface area contributed by atoms with Crippen LogP contribution in [0.2, 0.25) is 0 Å². The van der Waals surface area contributed by atoms with Crippen molar-refractivity contribution in [3.8, 4) is 0 Å². The van der Waals surface area contributed by atoms with E-state index in [9.17, 15) is 14.4 Å². The minimum atomic E-state index is -0.369. The maximum Gasteiger partial charge on any atom is 0.409 e. The van der Waals surface area contributed by atoms with E-state index in [1.807, 2.05) is 6.08 Å². The van der Waals surface area contributed by atoms with Crippen LogP contribution in [0.4, 0.5) is 4.79 Å². The summed E-state index contributed by atoms with van der Waals surface area (Å²) >= 11 is 0. The fourth-order valence-corrected chi connectivity index (χ4v) is 3.88. The molecule has 1 N–H and O–H groups in total. The number of aromatic amines is 1. The number of fused-ring (bicyclic) bond motifs is 1. The first-order valence-electron chi connectivity index (χ1n) is 9.75. The van der Waals surface area contributed by atoms with Crippen molar-refractivity contribution in [2.24, 2.45) is 11.3 Å². The van der Waals surface area contributed by atoms with E-state index in [1.54, 1.807) is 11.8 Å². The SMILES string of the molecule is CCOC(=O)N1CCC(n2c(=O)[nH]c3c(c2=O)CC(C)(C(C)C)C=C3)CC1. The Bertz CT molecular complexity index is 859. The van der Waals surface area contributed by atoms with E-state index < -0.39 is 0 Å². The smallest absolute Gasteiger partial charge is 0.409 e. The van der Waals surface area contributed by atoms with Crippen LogP contribution in [0.25, 0.3) is 6.08 Å². The van der Waals surface area contributed by atoms with Crippen molar-refractivity contribution in [1.29, 1.82) is 0 Å². The van der Waals surface area contributed by atoms with Crippen LogP contribution in [0.5, 0.6) is 0 Å². The minimum absolute atomic E-state index is 0.102. The van der Waals surface area contributed by atoms with Crippen molar-refractivity contribution >= 4 is 12.2 Å². The molecule has 2 aliphatic rings. The Kier molecular flexibility index (Phi) is 5.31. The highest BCUT2D eigenvalue weighted by atomic mass is 16.6. The number of amides is 1. The van der Waals surface area contributed by atoms with Gasteiger partial charge in [0.05, 0.1) is 12.3 Å². The number of allylic oxidation sites excluding steroid dienone is 1. The molecule has 1 aromatic heterocycles. The van der Waals surface area contributed by atoms with Crippen molar-refractivity contribution in [3.63, 3.8) is 0 Å². The number of carbonyl (C=O) groups excluding carboxylic acids is 1. The number of hydrogen-bond donors (Lipinski definition) is 1. The molecule has 2 heterocycles. The Labute approximate surface area is 159 Å². The molecule has 0 spiro atoms. The van der Waals surface area contributed by atoms with Crippen LogP contribution in [-0.2, 0) is 11.2 Å². The third-order valence-electron chi connectivity index (χ3n) is 6.13. The molecule has 1 aliphatic carbocycles. The second-order valence-corrected chi connectivity index (χ2v) is 8.09. The molecule has 0 saturated carbocycles. The number of nitrogens with one attached hydrogen (secondary N) is 1. The highest BCUT2D eigenvalue weighted by Crippen LogP contribution is 2.36. The van der Waals surface area contributed by atoms with Gasteiger partial charge in [0.15, 0.2) is 0 Å². The van der Waals surface area contributed by atoms with Gasteiger partial charge in [-0.1, -0.05) is 26.8 Å². The monoisotopic (exact) mass is 375 g/mol. The van der Waals surface area contributed by atoms with E-state index in [0.717, 1.165) is 0 Å². The third kappa shape index (κ3) is 3.59. The summed E-state index contributed by atoms with van der Waals surface area (Å²) in [5.41, 5.74) is 0.644. The third-order valence-corrected chi connectivity index (χ3v) is 6.13. The zero-order chi connectivity index (χ0) is 19.8. The number of nitrogens with zero attached hydrogens (tertiary/aromatic N) is 2. The van der Waals surface area contributed by atoms with Crippen LogP contribution in [-0.4, -0.2) is 40.2 Å². The van der Waals surface area contributed by atoms with Gasteiger partial charge in [0.1, 0.15) is 0 Å². The Hall–Kier alpha value is -2.31. The lowest BCUT2D eigenvalue weighted by atomic mass is 9.72. The molecule has 27 heavy (non-hydrogen) atoms. The normalized spacial score (nSPS) is 22.8. The average Bonchev–Trinajstić information content (AvgIpc) is 2.63. The Morgan fingerprint density at radius 3 is 2.59 bits per heavy atom. The van der Waals surface area contributed by atoms with Gasteiger partial charge in [-0.15, -0.1) is 0 Å². The molecule has 1 amide bonds. The largest absolute Gasteiger partial charge is 0.450 e. The topological polar surface area (TPSA) is 84.4 Å². The summed E-state index contributed by atoms with van der Waals surface area (Å²) in [6.07, 6.45) is 5.39. The number of likely N-dealkylation sites (tertiary alicyclic amines) is 1. The van der Waals surface area contributed by atoms with Crippen LogP contribution in [0.15, 0.2) is 15.7 Å². The summed E-state index contributed by atoms with van der Waals surface area (Å²) in [6, 6.07) is -0.201. The van der Waals surface area contributed by atoms with Crippen LogP contribution < -0.4 is 11.2 Å². The van der Waals surface area contributed by atoms with E-state index >= 15 is 0 Å². The van der Waals surface area contributed by atoms with Gasteiger partial charge in [-0.25, -0.2) is 9.59 Å². The lowest BCUT2D eigenvalue weighted by molar-refractivity contribution is 0.0919. The van der Waals surface area contributed by atoms with Crippen molar-refractivity contribution in [2.75, 3.05) is 19.7 Å². The fourth-order valence-electron chi connectivity index (χ4n) is 3.88. The van der Waals surface area contributed by atoms with Gasteiger partial charge in [0, 0.05) is 24.7 Å². The molecule has 7 nitrogen and oxygen atoms in total. The van der Waals surface area contributed by atoms with Crippen molar-refractivity contribution in [2.45, 2.75) is 53.0 Å². The Morgan fingerprint density at radius 1 is 1.33 bits per heavy atom. The van der Waals surface area contributed by atoms with Gasteiger partial charge in [-0.05, 0) is 43.6 Å². The predicted molar refractivity (Wildman–Crippen MR) is 104 cm³/mol. The first-order chi connectivity index (χ1) is 12.8. The van der Waals surface area contributed by atoms with Gasteiger partial charge in [0.25, 0.3) is 5.56 Å². The molecule has 3 rings (SSSR count). The first kappa shape index (κ1) is 19.5. The van der Waals surface area contributed by atoms with Gasteiger partial charge < -0.3 is 14.6 Å². The van der Waals surface area contributed by atoms with E-state index in [0.29, 0.717) is 56.1 Å². The molecule has 0 radical (unpaired) electrons. The Morgan fingerprint density at radius 2 is 2.00 bits per heavy atom. The van der Waals surface area contributed by atoms with E-state index in [1.165, 1.54) is 4.57 Å². The first-order valence-corrected chi connectivity index (χ1v) is 9.75. The van der Waals surface area contributed by atoms with E-state index in [-0.39, 0.29) is 28.8 Å². The lowest BCUT2D eigenvalue weighted by Gasteiger charge is -2.35. The highest BCUT2D eigenvalue weighted by Gasteiger charge is 2.33. The number of aromatic nitrogens is 2. The van der Waals surface area contributed by atoms with Crippen molar-refractivity contribution in [1.82, 2.24) is 14.5 Å². The average molecular weight is 375 g/mol. The summed E-state index contributed by atoms with van der Waals surface area (Å²) in [5.74, 6) is 0.384. The van der Waals surface area contributed by atoms with Crippen LogP contribution in [0, 0.1) is 11.3 Å². The second-order valence-electron chi connectivity index (χ2n) is 8.09. The highest BCUT2D eigenvalue weighted by molar-refractivity contribution is 5.67. The van der Waals surface area contributed by atoms with Crippen molar-refractivity contribution in [3.05, 3.63) is 38.2 Å². The number of piperidine rings is 1. The van der Waals surface area contributed by atoms with Gasteiger partial charge >= 0.3 is 11.8 Å². The van der Waals surface area contributed by atoms with Gasteiger partial charge in [-0.3, -0.25) is 9.36 Å². The predicted octanol–water partition coefficient (Wildman–Crippen LogP) is 2.56. The summed E-state index contributed by atoms with van der Waals surface area (Å²) in [5, 5.41) is 0. The number of carbonyl (C=O) groups is 1. The Balaban J connectivity index is 1.87. The molecule has 1 unspecified atom stereocenters.